The molecule has 118 valence electrons. The van der Waals surface area contributed by atoms with Gasteiger partial charge in [0.05, 0.1) is 43.5 Å². The fourth-order valence-electron chi connectivity index (χ4n) is 3.05. The fourth-order valence-corrected chi connectivity index (χ4v) is 3.05. The molecule has 0 bridgehead atoms. The van der Waals surface area contributed by atoms with Crippen LogP contribution >= 0.6 is 0 Å². The summed E-state index contributed by atoms with van der Waals surface area (Å²) in [6.07, 6.45) is 8.49. The largest absolute Gasteiger partial charge is 0.375 e. The molecular formula is C16H23N5O. The molecular weight excluding hydrogens is 278 g/mol. The predicted octanol–water partition coefficient (Wildman–Crippen LogP) is 1.46. The second kappa shape index (κ2) is 6.46. The van der Waals surface area contributed by atoms with E-state index in [1.165, 1.54) is 11.4 Å². The van der Waals surface area contributed by atoms with Gasteiger partial charge in [-0.3, -0.25) is 4.90 Å². The summed E-state index contributed by atoms with van der Waals surface area (Å²) in [4.78, 5) is 11.4. The molecule has 0 amide bonds. The second-order valence-corrected chi connectivity index (χ2v) is 5.70. The molecule has 0 spiro atoms. The molecule has 3 rings (SSSR count). The van der Waals surface area contributed by atoms with E-state index in [0.29, 0.717) is 13.2 Å². The number of ether oxygens (including phenoxy) is 1. The van der Waals surface area contributed by atoms with Crippen molar-refractivity contribution in [2.45, 2.75) is 19.0 Å². The first-order valence-electron chi connectivity index (χ1n) is 7.59. The van der Waals surface area contributed by atoms with Gasteiger partial charge >= 0.3 is 0 Å². The van der Waals surface area contributed by atoms with Crippen LogP contribution in [0.15, 0.2) is 31.4 Å². The first kappa shape index (κ1) is 15.0. The van der Waals surface area contributed by atoms with Gasteiger partial charge in [-0.15, -0.1) is 6.58 Å². The third-order valence-corrected chi connectivity index (χ3v) is 4.23. The number of rotatable bonds is 6. The third-order valence-electron chi connectivity index (χ3n) is 4.23. The lowest BCUT2D eigenvalue weighted by Crippen LogP contribution is -2.39. The molecule has 2 aromatic heterocycles. The Balaban J connectivity index is 1.83. The maximum atomic E-state index is 5.76. The van der Waals surface area contributed by atoms with Gasteiger partial charge in [-0.05, 0) is 0 Å². The molecule has 0 unspecified atom stereocenters. The molecule has 1 aliphatic heterocycles. The van der Waals surface area contributed by atoms with Crippen molar-refractivity contribution in [1.29, 1.82) is 0 Å². The Hall–Kier alpha value is -1.92. The molecule has 0 saturated heterocycles. The van der Waals surface area contributed by atoms with Crippen LogP contribution in [0, 0.1) is 0 Å². The molecule has 0 radical (unpaired) electrons. The Morgan fingerprint density at radius 3 is 2.95 bits per heavy atom. The van der Waals surface area contributed by atoms with Gasteiger partial charge in [-0.1, -0.05) is 6.08 Å². The Labute approximate surface area is 131 Å². The van der Waals surface area contributed by atoms with E-state index in [2.05, 4.69) is 37.6 Å². The van der Waals surface area contributed by atoms with Crippen molar-refractivity contribution in [2.24, 2.45) is 14.1 Å². The Morgan fingerprint density at radius 1 is 1.36 bits per heavy atom. The monoisotopic (exact) mass is 301 g/mol. The number of imidazole rings is 2. The minimum Gasteiger partial charge on any atom is -0.375 e. The molecule has 22 heavy (non-hydrogen) atoms. The standard InChI is InChI=1S/C16H23N5O/c1-4-9-22-11-14-16-13(18-12-20(16)3)5-7-21(14)10-15-17-6-8-19(15)2/h4,6,8,12,14H,1,5,7,9-11H2,2-3H3/t14-/m1/s1. The molecule has 6 nitrogen and oxygen atoms in total. The van der Waals surface area contributed by atoms with Gasteiger partial charge in [0.2, 0.25) is 0 Å². The van der Waals surface area contributed by atoms with Crippen molar-refractivity contribution < 1.29 is 4.74 Å². The Kier molecular flexibility index (Phi) is 4.40. The number of hydrogen-bond donors (Lipinski definition) is 0. The number of aryl methyl sites for hydroxylation is 2. The van der Waals surface area contributed by atoms with Crippen LogP contribution in [0.25, 0.3) is 0 Å². The van der Waals surface area contributed by atoms with E-state index in [0.717, 1.165) is 25.3 Å². The summed E-state index contributed by atoms with van der Waals surface area (Å²) in [5.41, 5.74) is 2.44. The van der Waals surface area contributed by atoms with E-state index < -0.39 is 0 Å². The zero-order valence-corrected chi connectivity index (χ0v) is 13.3. The lowest BCUT2D eigenvalue weighted by atomic mass is 10.0. The summed E-state index contributed by atoms with van der Waals surface area (Å²) in [5.74, 6) is 1.07. The smallest absolute Gasteiger partial charge is 0.122 e. The maximum Gasteiger partial charge on any atom is 0.122 e. The minimum absolute atomic E-state index is 0.202. The third kappa shape index (κ3) is 2.84. The quantitative estimate of drug-likeness (QED) is 0.598. The second-order valence-electron chi connectivity index (χ2n) is 5.70. The average Bonchev–Trinajstić information content (AvgIpc) is 3.08. The highest BCUT2D eigenvalue weighted by Gasteiger charge is 2.31. The van der Waals surface area contributed by atoms with Gasteiger partial charge in [-0.2, -0.15) is 0 Å². The number of nitrogens with zero attached hydrogens (tertiary/aromatic N) is 5. The van der Waals surface area contributed by atoms with Crippen LogP contribution in [-0.4, -0.2) is 43.8 Å². The van der Waals surface area contributed by atoms with Crippen molar-refractivity contribution in [3.05, 3.63) is 48.6 Å². The van der Waals surface area contributed by atoms with Crippen LogP contribution in [0.1, 0.15) is 23.3 Å². The number of hydrogen-bond acceptors (Lipinski definition) is 4. The van der Waals surface area contributed by atoms with Crippen LogP contribution < -0.4 is 0 Å². The van der Waals surface area contributed by atoms with E-state index in [1.54, 1.807) is 6.08 Å². The van der Waals surface area contributed by atoms with Crippen LogP contribution in [0.4, 0.5) is 0 Å². The van der Waals surface area contributed by atoms with E-state index in [4.69, 9.17) is 4.74 Å². The zero-order valence-electron chi connectivity index (χ0n) is 13.3. The van der Waals surface area contributed by atoms with Crippen molar-refractivity contribution in [1.82, 2.24) is 24.0 Å². The highest BCUT2D eigenvalue weighted by atomic mass is 16.5. The van der Waals surface area contributed by atoms with E-state index in [-0.39, 0.29) is 6.04 Å². The molecule has 6 heteroatoms. The maximum absolute atomic E-state index is 5.76. The van der Waals surface area contributed by atoms with Crippen molar-refractivity contribution in [2.75, 3.05) is 19.8 Å². The molecule has 0 aromatic carbocycles. The summed E-state index contributed by atoms with van der Waals surface area (Å²) in [5, 5.41) is 0. The zero-order chi connectivity index (χ0) is 15.5. The van der Waals surface area contributed by atoms with Crippen LogP contribution in [0.5, 0.6) is 0 Å². The molecule has 0 aliphatic carbocycles. The summed E-state index contributed by atoms with van der Waals surface area (Å²) in [6, 6.07) is 0.202. The van der Waals surface area contributed by atoms with E-state index >= 15 is 0 Å². The normalized spacial score (nSPS) is 18.4. The van der Waals surface area contributed by atoms with Crippen molar-refractivity contribution in [3.63, 3.8) is 0 Å². The molecule has 1 atom stereocenters. The molecule has 0 saturated carbocycles. The van der Waals surface area contributed by atoms with Gasteiger partial charge in [0.15, 0.2) is 0 Å². The number of aromatic nitrogens is 4. The lowest BCUT2D eigenvalue weighted by molar-refractivity contribution is 0.0567. The first-order chi connectivity index (χ1) is 10.7. The topological polar surface area (TPSA) is 48.1 Å². The fraction of sp³-hybridized carbons (Fsp3) is 0.500. The van der Waals surface area contributed by atoms with Crippen LogP contribution in [0.2, 0.25) is 0 Å². The van der Waals surface area contributed by atoms with Gasteiger partial charge in [0, 0.05) is 39.5 Å². The van der Waals surface area contributed by atoms with E-state index in [1.807, 2.05) is 25.8 Å². The number of fused-ring (bicyclic) bond motifs is 1. The van der Waals surface area contributed by atoms with E-state index in [9.17, 15) is 0 Å². The molecule has 2 aromatic rings. The average molecular weight is 301 g/mol. The summed E-state index contributed by atoms with van der Waals surface area (Å²) in [6.45, 7) is 6.72. The molecule has 0 N–H and O–H groups in total. The van der Waals surface area contributed by atoms with Crippen molar-refractivity contribution >= 4 is 0 Å². The van der Waals surface area contributed by atoms with Gasteiger partial charge in [0.1, 0.15) is 5.82 Å². The molecule has 3 heterocycles. The predicted molar refractivity (Wildman–Crippen MR) is 84.3 cm³/mol. The SMILES string of the molecule is C=CCOC[C@@H]1c2c(ncn2C)CCN1Cc1nccn1C. The van der Waals surface area contributed by atoms with Gasteiger partial charge in [0.25, 0.3) is 0 Å². The van der Waals surface area contributed by atoms with Crippen molar-refractivity contribution in [3.8, 4) is 0 Å². The molecule has 1 aliphatic rings. The minimum atomic E-state index is 0.202. The van der Waals surface area contributed by atoms with Crippen LogP contribution in [0.3, 0.4) is 0 Å². The summed E-state index contributed by atoms with van der Waals surface area (Å²) >= 11 is 0. The lowest BCUT2D eigenvalue weighted by Gasteiger charge is -2.35. The Bertz CT molecular complexity index is 645. The van der Waals surface area contributed by atoms with Gasteiger partial charge in [-0.25, -0.2) is 9.97 Å². The molecule has 0 fully saturated rings. The Morgan fingerprint density at radius 2 is 2.23 bits per heavy atom. The van der Waals surface area contributed by atoms with Gasteiger partial charge < -0.3 is 13.9 Å². The van der Waals surface area contributed by atoms with Crippen LogP contribution in [-0.2, 0) is 31.8 Å². The first-order valence-corrected chi connectivity index (χ1v) is 7.59. The highest BCUT2D eigenvalue weighted by molar-refractivity contribution is 5.21. The highest BCUT2D eigenvalue weighted by Crippen LogP contribution is 2.30. The summed E-state index contributed by atoms with van der Waals surface area (Å²) in [7, 11) is 4.08. The summed E-state index contributed by atoms with van der Waals surface area (Å²) < 4.78 is 9.94.